The molecule has 1 fully saturated rings. The van der Waals surface area contributed by atoms with Gasteiger partial charge in [0, 0.05) is 0 Å². The van der Waals surface area contributed by atoms with Gasteiger partial charge in [-0.15, -0.1) is 0 Å². The minimum Gasteiger partial charge on any atom is -0.324 e. The van der Waals surface area contributed by atoms with Gasteiger partial charge >= 0.3 is 0 Å². The zero-order chi connectivity index (χ0) is 8.32. The average molecular weight is 156 g/mol. The third kappa shape index (κ3) is 1.76. The monoisotopic (exact) mass is 156 g/mol. The van der Waals surface area contributed by atoms with Gasteiger partial charge in [-0.3, -0.25) is 0 Å². The highest BCUT2D eigenvalue weighted by Crippen LogP contribution is 2.27. The maximum Gasteiger partial charge on any atom is 0.0888 e. The molecule has 0 saturated heterocycles. The molecule has 0 unspecified atom stereocenters. The molecule has 1 nitrogen and oxygen atoms in total. The molecule has 0 spiro atoms. The summed E-state index contributed by atoms with van der Waals surface area (Å²) < 4.78 is 1.31. The van der Waals surface area contributed by atoms with Crippen molar-refractivity contribution in [1.29, 1.82) is 0 Å². The van der Waals surface area contributed by atoms with Crippen LogP contribution in [-0.2, 0) is 0 Å². The van der Waals surface area contributed by atoms with E-state index in [4.69, 9.17) is 0 Å². The third-order valence-corrected chi connectivity index (χ3v) is 3.65. The first-order chi connectivity index (χ1) is 5.23. The van der Waals surface area contributed by atoms with E-state index in [9.17, 15) is 0 Å². The zero-order valence-corrected chi connectivity index (χ0v) is 8.27. The SMILES string of the molecule is CC[N+](C)(CC)C1CCCC1. The molecule has 1 saturated carbocycles. The summed E-state index contributed by atoms with van der Waals surface area (Å²) in [4.78, 5) is 0. The van der Waals surface area contributed by atoms with Crippen LogP contribution in [0, 0.1) is 0 Å². The van der Waals surface area contributed by atoms with Crippen molar-refractivity contribution < 1.29 is 4.48 Å². The summed E-state index contributed by atoms with van der Waals surface area (Å²) >= 11 is 0. The second-order valence-electron chi connectivity index (χ2n) is 4.05. The van der Waals surface area contributed by atoms with Crippen molar-refractivity contribution in [3.63, 3.8) is 0 Å². The van der Waals surface area contributed by atoms with Gasteiger partial charge in [0.1, 0.15) is 0 Å². The Morgan fingerprint density at radius 1 is 1.09 bits per heavy atom. The molecule has 0 aromatic carbocycles. The van der Waals surface area contributed by atoms with Crippen molar-refractivity contribution in [1.82, 2.24) is 0 Å². The Kier molecular flexibility index (Phi) is 2.94. The Morgan fingerprint density at radius 2 is 1.55 bits per heavy atom. The third-order valence-electron chi connectivity index (χ3n) is 3.65. The smallest absolute Gasteiger partial charge is 0.0888 e. The minimum absolute atomic E-state index is 0.977. The van der Waals surface area contributed by atoms with Crippen LogP contribution in [0.4, 0.5) is 0 Å². The van der Waals surface area contributed by atoms with Crippen LogP contribution in [0.1, 0.15) is 39.5 Å². The Hall–Kier alpha value is -0.0400. The molecule has 1 rings (SSSR count). The molecule has 0 radical (unpaired) electrons. The van der Waals surface area contributed by atoms with E-state index >= 15 is 0 Å². The molecule has 1 heteroatoms. The molecule has 1 aliphatic rings. The summed E-state index contributed by atoms with van der Waals surface area (Å²) in [5.41, 5.74) is 0. The van der Waals surface area contributed by atoms with E-state index in [1.165, 1.54) is 43.3 Å². The van der Waals surface area contributed by atoms with Crippen LogP contribution in [0.5, 0.6) is 0 Å². The van der Waals surface area contributed by atoms with Crippen LogP contribution in [0.15, 0.2) is 0 Å². The number of hydrogen-bond donors (Lipinski definition) is 0. The summed E-state index contributed by atoms with van der Waals surface area (Å²) in [6.45, 7) is 7.26. The Morgan fingerprint density at radius 3 is 1.91 bits per heavy atom. The van der Waals surface area contributed by atoms with Gasteiger partial charge in [0.05, 0.1) is 26.2 Å². The van der Waals surface area contributed by atoms with Crippen LogP contribution in [0.2, 0.25) is 0 Å². The highest BCUT2D eigenvalue weighted by Gasteiger charge is 2.31. The van der Waals surface area contributed by atoms with E-state index in [1.807, 2.05) is 0 Å². The second-order valence-corrected chi connectivity index (χ2v) is 4.05. The normalized spacial score (nSPS) is 21.0. The van der Waals surface area contributed by atoms with E-state index < -0.39 is 0 Å². The van der Waals surface area contributed by atoms with E-state index in [2.05, 4.69) is 20.9 Å². The lowest BCUT2D eigenvalue weighted by Gasteiger charge is -2.38. The summed E-state index contributed by atoms with van der Waals surface area (Å²) in [6.07, 6.45) is 5.88. The van der Waals surface area contributed by atoms with Gasteiger partial charge in [0.2, 0.25) is 0 Å². The quantitative estimate of drug-likeness (QED) is 0.550. The molecular formula is C10H22N+. The molecule has 11 heavy (non-hydrogen) atoms. The first-order valence-corrected chi connectivity index (χ1v) is 5.07. The number of quaternary nitrogens is 1. The van der Waals surface area contributed by atoms with Crippen molar-refractivity contribution in [3.05, 3.63) is 0 Å². The average Bonchev–Trinajstić information content (AvgIpc) is 2.55. The summed E-state index contributed by atoms with van der Waals surface area (Å²) in [5.74, 6) is 0. The maximum absolute atomic E-state index is 2.41. The fourth-order valence-corrected chi connectivity index (χ4v) is 2.27. The Balaban J connectivity index is 2.52. The Labute approximate surface area is 71.0 Å². The molecule has 0 aromatic heterocycles. The van der Waals surface area contributed by atoms with Gasteiger partial charge in [0.15, 0.2) is 0 Å². The topological polar surface area (TPSA) is 0 Å². The molecule has 0 bridgehead atoms. The van der Waals surface area contributed by atoms with Gasteiger partial charge in [-0.1, -0.05) is 0 Å². The maximum atomic E-state index is 2.41. The first kappa shape index (κ1) is 9.05. The van der Waals surface area contributed by atoms with Gasteiger partial charge in [-0.25, -0.2) is 0 Å². The molecule has 0 aliphatic heterocycles. The van der Waals surface area contributed by atoms with Crippen LogP contribution in [0.3, 0.4) is 0 Å². The molecule has 0 aromatic rings. The highest BCUT2D eigenvalue weighted by molar-refractivity contribution is 4.67. The van der Waals surface area contributed by atoms with Gasteiger partial charge in [0.25, 0.3) is 0 Å². The van der Waals surface area contributed by atoms with Crippen LogP contribution < -0.4 is 0 Å². The highest BCUT2D eigenvalue weighted by atomic mass is 15.3. The van der Waals surface area contributed by atoms with Crippen molar-refractivity contribution in [2.24, 2.45) is 0 Å². The van der Waals surface area contributed by atoms with Crippen LogP contribution >= 0.6 is 0 Å². The fraction of sp³-hybridized carbons (Fsp3) is 1.00. The lowest BCUT2D eigenvalue weighted by atomic mass is 10.1. The second kappa shape index (κ2) is 3.57. The Bertz CT molecular complexity index is 110. The fourth-order valence-electron chi connectivity index (χ4n) is 2.27. The van der Waals surface area contributed by atoms with Crippen molar-refractivity contribution in [3.8, 4) is 0 Å². The molecule has 0 amide bonds. The van der Waals surface area contributed by atoms with Gasteiger partial charge in [-0.05, 0) is 39.5 Å². The molecule has 66 valence electrons. The van der Waals surface area contributed by atoms with Crippen molar-refractivity contribution >= 4 is 0 Å². The summed E-state index contributed by atoms with van der Waals surface area (Å²) in [6, 6.07) is 0.977. The van der Waals surface area contributed by atoms with E-state index in [0.29, 0.717) is 0 Å². The minimum atomic E-state index is 0.977. The lowest BCUT2D eigenvalue weighted by molar-refractivity contribution is -0.929. The molecule has 0 atom stereocenters. The van der Waals surface area contributed by atoms with Crippen molar-refractivity contribution in [2.45, 2.75) is 45.6 Å². The van der Waals surface area contributed by atoms with Gasteiger partial charge in [-0.2, -0.15) is 0 Å². The number of hydrogen-bond acceptors (Lipinski definition) is 0. The predicted molar refractivity (Wildman–Crippen MR) is 49.5 cm³/mol. The van der Waals surface area contributed by atoms with E-state index in [-0.39, 0.29) is 0 Å². The predicted octanol–water partition coefficient (Wildman–Crippen LogP) is 2.42. The largest absolute Gasteiger partial charge is 0.324 e. The van der Waals surface area contributed by atoms with E-state index in [1.54, 1.807) is 0 Å². The lowest BCUT2D eigenvalue weighted by Crippen LogP contribution is -2.50. The van der Waals surface area contributed by atoms with Gasteiger partial charge < -0.3 is 4.48 Å². The molecule has 0 heterocycles. The summed E-state index contributed by atoms with van der Waals surface area (Å²) in [5, 5.41) is 0. The zero-order valence-electron chi connectivity index (χ0n) is 8.27. The van der Waals surface area contributed by atoms with Crippen molar-refractivity contribution in [2.75, 3.05) is 20.1 Å². The van der Waals surface area contributed by atoms with E-state index in [0.717, 1.165) is 6.04 Å². The number of nitrogens with zero attached hydrogens (tertiary/aromatic N) is 1. The number of rotatable bonds is 3. The summed E-state index contributed by atoms with van der Waals surface area (Å²) in [7, 11) is 2.41. The molecular weight excluding hydrogens is 134 g/mol. The standard InChI is InChI=1S/C10H22N/c1-4-11(3,5-2)10-8-6-7-9-10/h10H,4-9H2,1-3H3/q+1. The molecule has 0 N–H and O–H groups in total. The first-order valence-electron chi connectivity index (χ1n) is 5.07. The van der Waals surface area contributed by atoms with Crippen LogP contribution in [0.25, 0.3) is 0 Å². The van der Waals surface area contributed by atoms with Crippen LogP contribution in [-0.4, -0.2) is 30.7 Å². The molecule has 1 aliphatic carbocycles.